The van der Waals surface area contributed by atoms with E-state index in [1.54, 1.807) is 11.3 Å². The lowest BCUT2D eigenvalue weighted by Gasteiger charge is -2.02. The molecule has 0 aliphatic heterocycles. The third kappa shape index (κ3) is 3.36. The van der Waals surface area contributed by atoms with Crippen molar-refractivity contribution in [2.45, 2.75) is 13.1 Å². The molecule has 0 aliphatic rings. The van der Waals surface area contributed by atoms with E-state index in [1.807, 2.05) is 11.4 Å². The summed E-state index contributed by atoms with van der Waals surface area (Å²) in [6.45, 7) is 2.14. The molecule has 2 N–H and O–H groups in total. The van der Waals surface area contributed by atoms with Crippen LogP contribution in [0.15, 0.2) is 23.7 Å². The van der Waals surface area contributed by atoms with Crippen LogP contribution in [0.2, 0.25) is 0 Å². The number of nitrogens with zero attached hydrogens (tertiary/aromatic N) is 3. The zero-order valence-electron chi connectivity index (χ0n) is 9.04. The fourth-order valence-electron chi connectivity index (χ4n) is 1.32. The number of carboxylic acid groups (broad SMARTS) is 1. The van der Waals surface area contributed by atoms with E-state index in [4.69, 9.17) is 5.11 Å². The number of carbonyl (C=O) groups is 1. The molecule has 0 saturated carbocycles. The van der Waals surface area contributed by atoms with Gasteiger partial charge in [-0.2, -0.15) is 0 Å². The quantitative estimate of drug-likeness (QED) is 0.744. The van der Waals surface area contributed by atoms with Crippen molar-refractivity contribution in [2.24, 2.45) is 0 Å². The highest BCUT2D eigenvalue weighted by atomic mass is 32.1. The van der Waals surface area contributed by atoms with Crippen LogP contribution < -0.4 is 5.32 Å². The van der Waals surface area contributed by atoms with E-state index in [1.165, 1.54) is 15.8 Å². The van der Waals surface area contributed by atoms with Crippen molar-refractivity contribution in [1.82, 2.24) is 20.3 Å². The topological polar surface area (TPSA) is 80.0 Å². The molecule has 2 aromatic heterocycles. The molecular weight excluding hydrogens is 240 g/mol. The molecule has 0 unspecified atom stereocenters. The van der Waals surface area contributed by atoms with Gasteiger partial charge in [0, 0.05) is 18.0 Å². The Morgan fingerprint density at radius 3 is 3.12 bits per heavy atom. The molecule has 2 heterocycles. The van der Waals surface area contributed by atoms with Crippen molar-refractivity contribution in [1.29, 1.82) is 0 Å². The summed E-state index contributed by atoms with van der Waals surface area (Å²) in [6, 6.07) is 4.08. The lowest BCUT2D eigenvalue weighted by atomic mass is 10.4. The van der Waals surface area contributed by atoms with Crippen LogP contribution >= 0.6 is 11.3 Å². The number of hydrogen-bond acceptors (Lipinski definition) is 5. The minimum Gasteiger partial charge on any atom is -0.476 e. The van der Waals surface area contributed by atoms with E-state index in [0.29, 0.717) is 6.54 Å². The lowest BCUT2D eigenvalue weighted by Crippen LogP contribution is -2.19. The third-order valence-corrected chi connectivity index (χ3v) is 3.03. The van der Waals surface area contributed by atoms with Crippen molar-refractivity contribution in [2.75, 3.05) is 6.54 Å². The lowest BCUT2D eigenvalue weighted by molar-refractivity contribution is 0.0690. The van der Waals surface area contributed by atoms with Gasteiger partial charge < -0.3 is 10.4 Å². The minimum atomic E-state index is -1.05. The molecule has 0 spiro atoms. The molecule has 6 nitrogen and oxygen atoms in total. The molecule has 0 radical (unpaired) electrons. The molecule has 90 valence electrons. The van der Waals surface area contributed by atoms with Crippen molar-refractivity contribution < 1.29 is 9.90 Å². The Labute approximate surface area is 102 Å². The highest BCUT2D eigenvalue weighted by molar-refractivity contribution is 7.09. The molecule has 2 aromatic rings. The molecule has 0 saturated heterocycles. The molecular formula is C10H12N4O2S. The zero-order valence-corrected chi connectivity index (χ0v) is 9.85. The maximum absolute atomic E-state index is 10.6. The van der Waals surface area contributed by atoms with Crippen LogP contribution in [-0.2, 0) is 13.1 Å². The normalized spacial score (nSPS) is 10.6. The molecule has 0 aromatic carbocycles. The van der Waals surface area contributed by atoms with Gasteiger partial charge in [0.15, 0.2) is 5.69 Å². The standard InChI is InChI=1S/C10H12N4O2S/c15-10(16)9-7-14(13-12-9)4-3-11-6-8-2-1-5-17-8/h1-2,5,7,11H,3-4,6H2,(H,15,16). The van der Waals surface area contributed by atoms with E-state index < -0.39 is 5.97 Å². The maximum Gasteiger partial charge on any atom is 0.358 e. The SMILES string of the molecule is O=C(O)c1cn(CCNCc2cccs2)nn1. The van der Waals surface area contributed by atoms with Crippen LogP contribution in [0, 0.1) is 0 Å². The molecule has 0 aliphatic carbocycles. The van der Waals surface area contributed by atoms with Crippen LogP contribution in [0.1, 0.15) is 15.4 Å². The average molecular weight is 252 g/mol. The highest BCUT2D eigenvalue weighted by Crippen LogP contribution is 2.06. The largest absolute Gasteiger partial charge is 0.476 e. The summed E-state index contributed by atoms with van der Waals surface area (Å²) in [5.74, 6) is -1.05. The molecule has 17 heavy (non-hydrogen) atoms. The van der Waals surface area contributed by atoms with Crippen LogP contribution in [0.3, 0.4) is 0 Å². The van der Waals surface area contributed by atoms with Crippen molar-refractivity contribution in [3.8, 4) is 0 Å². The Morgan fingerprint density at radius 2 is 2.47 bits per heavy atom. The Kier molecular flexibility index (Phi) is 3.84. The molecule has 0 fully saturated rings. The fourth-order valence-corrected chi connectivity index (χ4v) is 2.00. The number of hydrogen-bond donors (Lipinski definition) is 2. The molecule has 0 amide bonds. The summed E-state index contributed by atoms with van der Waals surface area (Å²) >= 11 is 1.70. The first-order valence-corrected chi connectivity index (χ1v) is 6.00. The first kappa shape index (κ1) is 11.7. The highest BCUT2D eigenvalue weighted by Gasteiger charge is 2.07. The van der Waals surface area contributed by atoms with E-state index in [0.717, 1.165) is 13.1 Å². The van der Waals surface area contributed by atoms with Gasteiger partial charge in [-0.15, -0.1) is 16.4 Å². The van der Waals surface area contributed by atoms with Crippen LogP contribution in [-0.4, -0.2) is 32.6 Å². The van der Waals surface area contributed by atoms with Gasteiger partial charge >= 0.3 is 5.97 Å². The predicted molar refractivity (Wildman–Crippen MR) is 63.0 cm³/mol. The number of rotatable bonds is 6. The van der Waals surface area contributed by atoms with Gasteiger partial charge in [0.2, 0.25) is 0 Å². The minimum absolute atomic E-state index is 0.0248. The van der Waals surface area contributed by atoms with Crippen LogP contribution in [0.5, 0.6) is 0 Å². The van der Waals surface area contributed by atoms with Gasteiger partial charge in [0.25, 0.3) is 0 Å². The Bertz CT molecular complexity index is 480. The third-order valence-electron chi connectivity index (χ3n) is 2.15. The fraction of sp³-hybridized carbons (Fsp3) is 0.300. The second-order valence-corrected chi connectivity index (χ2v) is 4.46. The van der Waals surface area contributed by atoms with Gasteiger partial charge in [-0.3, -0.25) is 4.68 Å². The second kappa shape index (κ2) is 5.55. The van der Waals surface area contributed by atoms with Gasteiger partial charge in [0.05, 0.1) is 12.7 Å². The van der Waals surface area contributed by atoms with Gasteiger partial charge in [0.1, 0.15) is 0 Å². The Morgan fingerprint density at radius 1 is 1.59 bits per heavy atom. The van der Waals surface area contributed by atoms with E-state index in [9.17, 15) is 4.79 Å². The second-order valence-electron chi connectivity index (χ2n) is 3.43. The summed E-state index contributed by atoms with van der Waals surface area (Å²) in [6.07, 6.45) is 1.43. The monoisotopic (exact) mass is 252 g/mol. The number of aromatic nitrogens is 3. The number of aromatic carboxylic acids is 1. The van der Waals surface area contributed by atoms with Crippen molar-refractivity contribution in [3.05, 3.63) is 34.3 Å². The van der Waals surface area contributed by atoms with Crippen LogP contribution in [0.4, 0.5) is 0 Å². The average Bonchev–Trinajstić information content (AvgIpc) is 2.96. The summed E-state index contributed by atoms with van der Waals surface area (Å²) in [5.41, 5.74) is -0.0248. The number of nitrogens with one attached hydrogen (secondary N) is 1. The van der Waals surface area contributed by atoms with Gasteiger partial charge in [-0.05, 0) is 11.4 Å². The molecule has 0 bridgehead atoms. The summed E-state index contributed by atoms with van der Waals surface area (Å²) < 4.78 is 1.52. The van der Waals surface area contributed by atoms with E-state index in [-0.39, 0.29) is 5.69 Å². The Balaban J connectivity index is 1.72. The summed E-state index contributed by atoms with van der Waals surface area (Å²) in [4.78, 5) is 11.8. The predicted octanol–water partition coefficient (Wildman–Crippen LogP) is 0.828. The van der Waals surface area contributed by atoms with Gasteiger partial charge in [-0.1, -0.05) is 11.3 Å². The number of carboxylic acids is 1. The van der Waals surface area contributed by atoms with Gasteiger partial charge in [-0.25, -0.2) is 4.79 Å². The summed E-state index contributed by atoms with van der Waals surface area (Å²) in [7, 11) is 0. The Hall–Kier alpha value is -1.73. The first-order chi connectivity index (χ1) is 8.25. The number of thiophene rings is 1. The first-order valence-electron chi connectivity index (χ1n) is 5.12. The molecule has 7 heteroatoms. The van der Waals surface area contributed by atoms with Crippen molar-refractivity contribution >= 4 is 17.3 Å². The zero-order chi connectivity index (χ0) is 12.1. The summed E-state index contributed by atoms with van der Waals surface area (Å²) in [5, 5.41) is 21.2. The van der Waals surface area contributed by atoms with E-state index >= 15 is 0 Å². The van der Waals surface area contributed by atoms with E-state index in [2.05, 4.69) is 21.7 Å². The molecule has 0 atom stereocenters. The maximum atomic E-state index is 10.6. The molecule has 2 rings (SSSR count). The van der Waals surface area contributed by atoms with Crippen molar-refractivity contribution in [3.63, 3.8) is 0 Å². The van der Waals surface area contributed by atoms with Crippen LogP contribution in [0.25, 0.3) is 0 Å². The smallest absolute Gasteiger partial charge is 0.358 e.